The molecule has 0 saturated carbocycles. The van der Waals surface area contributed by atoms with Crippen LogP contribution in [0.1, 0.15) is 16.7 Å². The molecule has 3 aromatic carbocycles. The summed E-state index contributed by atoms with van der Waals surface area (Å²) in [7, 11) is 0. The summed E-state index contributed by atoms with van der Waals surface area (Å²) in [6.45, 7) is 0.258. The van der Waals surface area contributed by atoms with Crippen molar-refractivity contribution in [3.8, 4) is 0 Å². The summed E-state index contributed by atoms with van der Waals surface area (Å²) in [5.41, 5.74) is 1.40. The summed E-state index contributed by atoms with van der Waals surface area (Å²) in [6.07, 6.45) is 0. The fraction of sp³-hybridized carbons (Fsp3) is 0.125. The number of hydrogen-bond acceptors (Lipinski definition) is 3. The molecule has 0 unspecified atom stereocenters. The third-order valence-corrected chi connectivity index (χ3v) is 5.33. The Bertz CT molecular complexity index is 1060. The molecule has 0 spiro atoms. The number of halogens is 1. The number of rotatable bonds is 6. The van der Waals surface area contributed by atoms with E-state index in [1.165, 1.54) is 0 Å². The fourth-order valence-electron chi connectivity index (χ4n) is 3.51. The van der Waals surface area contributed by atoms with E-state index in [0.717, 1.165) is 16.7 Å². The molecule has 1 fully saturated rings. The van der Waals surface area contributed by atoms with Gasteiger partial charge in [0.25, 0.3) is 5.91 Å². The molecule has 3 N–H and O–H groups in total. The van der Waals surface area contributed by atoms with Crippen molar-refractivity contribution in [3.63, 3.8) is 0 Å². The first-order valence-electron chi connectivity index (χ1n) is 9.84. The molecule has 0 bridgehead atoms. The van der Waals surface area contributed by atoms with Gasteiger partial charge in [0.1, 0.15) is 6.54 Å². The molecular formula is C24H21ClN4O2. The second kappa shape index (κ2) is 9.02. The number of benzene rings is 3. The van der Waals surface area contributed by atoms with Crippen LogP contribution >= 0.6 is 11.6 Å². The van der Waals surface area contributed by atoms with Gasteiger partial charge in [-0.05, 0) is 28.8 Å². The Morgan fingerprint density at radius 1 is 0.903 bits per heavy atom. The maximum absolute atomic E-state index is 13.1. The van der Waals surface area contributed by atoms with Crippen molar-refractivity contribution in [2.24, 2.45) is 4.99 Å². The molecule has 6 nitrogen and oxygen atoms in total. The third kappa shape index (κ3) is 4.44. The van der Waals surface area contributed by atoms with E-state index in [0.29, 0.717) is 11.6 Å². The van der Waals surface area contributed by atoms with Gasteiger partial charge >= 0.3 is 0 Å². The number of carbonyl (C=O) groups excluding carboxylic acids is 2. The van der Waals surface area contributed by atoms with E-state index < -0.39 is 5.54 Å². The summed E-state index contributed by atoms with van der Waals surface area (Å²) in [5, 5.41) is 9.45. The predicted molar refractivity (Wildman–Crippen MR) is 121 cm³/mol. The molecule has 3 aromatic rings. The van der Waals surface area contributed by atoms with Crippen LogP contribution in [0.4, 0.5) is 0 Å². The number of amides is 2. The molecule has 1 aliphatic rings. The molecule has 0 aliphatic carbocycles. The summed E-state index contributed by atoms with van der Waals surface area (Å²) in [4.78, 5) is 29.6. The average Bonchev–Trinajstić information content (AvgIpc) is 3.15. The Morgan fingerprint density at radius 3 is 2.06 bits per heavy atom. The highest BCUT2D eigenvalue weighted by Crippen LogP contribution is 2.32. The largest absolute Gasteiger partial charge is 0.350 e. The molecule has 0 aromatic heterocycles. The molecular weight excluding hydrogens is 412 g/mol. The van der Waals surface area contributed by atoms with Crippen LogP contribution in [0, 0.1) is 0 Å². The second-order valence-electron chi connectivity index (χ2n) is 7.13. The Labute approximate surface area is 185 Å². The minimum absolute atomic E-state index is 0.115. The fourth-order valence-corrected chi connectivity index (χ4v) is 3.63. The summed E-state index contributed by atoms with van der Waals surface area (Å²) in [6, 6.07) is 26.1. The zero-order chi connectivity index (χ0) is 21.7. The molecule has 1 heterocycles. The molecule has 156 valence electrons. The quantitative estimate of drug-likeness (QED) is 0.560. The lowest BCUT2D eigenvalue weighted by Crippen LogP contribution is -2.45. The van der Waals surface area contributed by atoms with Gasteiger partial charge < -0.3 is 10.6 Å². The van der Waals surface area contributed by atoms with Gasteiger partial charge in [0, 0.05) is 11.6 Å². The number of nitrogens with zero attached hydrogens (tertiary/aromatic N) is 1. The Hall–Kier alpha value is -3.64. The lowest BCUT2D eigenvalue weighted by molar-refractivity contribution is -0.123. The molecule has 0 atom stereocenters. The van der Waals surface area contributed by atoms with Crippen LogP contribution in [-0.4, -0.2) is 24.3 Å². The van der Waals surface area contributed by atoms with E-state index >= 15 is 0 Å². The minimum atomic E-state index is -1.11. The van der Waals surface area contributed by atoms with Crippen LogP contribution in [-0.2, 0) is 21.7 Å². The van der Waals surface area contributed by atoms with Gasteiger partial charge in [0.05, 0.1) is 0 Å². The lowest BCUT2D eigenvalue weighted by Gasteiger charge is -2.27. The lowest BCUT2D eigenvalue weighted by atomic mass is 9.83. The van der Waals surface area contributed by atoms with Crippen LogP contribution in [0.5, 0.6) is 0 Å². The Balaban J connectivity index is 1.49. The number of carbonyl (C=O) groups is 2. The van der Waals surface area contributed by atoms with E-state index in [2.05, 4.69) is 20.9 Å². The zero-order valence-corrected chi connectivity index (χ0v) is 17.4. The minimum Gasteiger partial charge on any atom is -0.350 e. The highest BCUT2D eigenvalue weighted by Gasteiger charge is 2.48. The van der Waals surface area contributed by atoms with E-state index in [1.54, 1.807) is 12.1 Å². The van der Waals surface area contributed by atoms with Crippen LogP contribution in [0.2, 0.25) is 5.02 Å². The van der Waals surface area contributed by atoms with E-state index in [-0.39, 0.29) is 24.3 Å². The Morgan fingerprint density at radius 2 is 1.48 bits per heavy atom. The standard InChI is InChI=1S/C24H21ClN4O2/c25-20-13-11-17(12-14-20)15-26-21(30)16-27-23-28-22(31)24(29-23,18-7-3-1-4-8-18)19-9-5-2-6-10-19/h1-14H,15-16H2,(H,26,30)(H2,27,28,29,31). The van der Waals surface area contributed by atoms with Crippen LogP contribution < -0.4 is 16.0 Å². The van der Waals surface area contributed by atoms with Crippen molar-refractivity contribution < 1.29 is 9.59 Å². The van der Waals surface area contributed by atoms with E-state index in [9.17, 15) is 9.59 Å². The van der Waals surface area contributed by atoms with Gasteiger partial charge in [-0.3, -0.25) is 14.9 Å². The van der Waals surface area contributed by atoms with Crippen molar-refractivity contribution >= 4 is 29.4 Å². The summed E-state index contributed by atoms with van der Waals surface area (Å²) < 4.78 is 0. The number of nitrogens with one attached hydrogen (secondary N) is 3. The molecule has 4 rings (SSSR count). The van der Waals surface area contributed by atoms with Gasteiger partial charge in [0.15, 0.2) is 11.5 Å². The van der Waals surface area contributed by atoms with Crippen molar-refractivity contribution in [1.82, 2.24) is 16.0 Å². The van der Waals surface area contributed by atoms with Gasteiger partial charge in [-0.2, -0.15) is 0 Å². The molecule has 0 radical (unpaired) electrons. The first-order chi connectivity index (χ1) is 15.1. The monoisotopic (exact) mass is 432 g/mol. The van der Waals surface area contributed by atoms with Gasteiger partial charge in [-0.15, -0.1) is 0 Å². The maximum Gasteiger partial charge on any atom is 0.261 e. The van der Waals surface area contributed by atoms with Gasteiger partial charge in [-0.25, -0.2) is 4.99 Å². The van der Waals surface area contributed by atoms with E-state index in [1.807, 2.05) is 72.8 Å². The van der Waals surface area contributed by atoms with Crippen LogP contribution in [0.25, 0.3) is 0 Å². The van der Waals surface area contributed by atoms with E-state index in [4.69, 9.17) is 11.6 Å². The molecule has 2 amide bonds. The summed E-state index contributed by atoms with van der Waals surface area (Å²) in [5.74, 6) is -0.236. The van der Waals surface area contributed by atoms with Crippen LogP contribution in [0.15, 0.2) is 89.9 Å². The SMILES string of the molecule is O=C(CN=C1NC(=O)C(c2ccccc2)(c2ccccc2)N1)NCc1ccc(Cl)cc1. The highest BCUT2D eigenvalue weighted by molar-refractivity contribution is 6.30. The third-order valence-electron chi connectivity index (χ3n) is 5.08. The number of hydrogen-bond donors (Lipinski definition) is 3. The smallest absolute Gasteiger partial charge is 0.261 e. The van der Waals surface area contributed by atoms with Crippen LogP contribution in [0.3, 0.4) is 0 Å². The first-order valence-corrected chi connectivity index (χ1v) is 10.2. The van der Waals surface area contributed by atoms with Crippen molar-refractivity contribution in [2.45, 2.75) is 12.1 Å². The second-order valence-corrected chi connectivity index (χ2v) is 7.57. The average molecular weight is 433 g/mol. The number of guanidine groups is 1. The van der Waals surface area contributed by atoms with Crippen molar-refractivity contribution in [3.05, 3.63) is 107 Å². The predicted octanol–water partition coefficient (Wildman–Crippen LogP) is 2.98. The highest BCUT2D eigenvalue weighted by atomic mass is 35.5. The topological polar surface area (TPSA) is 82.6 Å². The normalized spacial score (nSPS) is 15.9. The van der Waals surface area contributed by atoms with Crippen molar-refractivity contribution in [2.75, 3.05) is 6.54 Å². The molecule has 31 heavy (non-hydrogen) atoms. The molecule has 1 aliphatic heterocycles. The number of aliphatic imine (C=N–C) groups is 1. The molecule has 1 saturated heterocycles. The summed E-state index contributed by atoms with van der Waals surface area (Å²) >= 11 is 5.87. The molecule has 7 heteroatoms. The van der Waals surface area contributed by atoms with Gasteiger partial charge in [0.2, 0.25) is 5.91 Å². The van der Waals surface area contributed by atoms with Gasteiger partial charge in [-0.1, -0.05) is 84.4 Å². The Kier molecular flexibility index (Phi) is 6.00. The van der Waals surface area contributed by atoms with Crippen molar-refractivity contribution in [1.29, 1.82) is 0 Å². The first kappa shape index (κ1) is 20.6. The zero-order valence-electron chi connectivity index (χ0n) is 16.6. The maximum atomic E-state index is 13.1.